The van der Waals surface area contributed by atoms with E-state index in [0.29, 0.717) is 13.2 Å². The van der Waals surface area contributed by atoms with Crippen LogP contribution in [0.4, 0.5) is 0 Å². The van der Waals surface area contributed by atoms with Crippen molar-refractivity contribution in [3.8, 4) is 11.8 Å². The fourth-order valence-electron chi connectivity index (χ4n) is 1.10. The van der Waals surface area contributed by atoms with Crippen LogP contribution in [0.3, 0.4) is 0 Å². The highest BCUT2D eigenvalue weighted by Crippen LogP contribution is 1.99. The van der Waals surface area contributed by atoms with E-state index < -0.39 is 6.10 Å². The molecule has 3 nitrogen and oxygen atoms in total. The number of aliphatic hydroxyl groups is 2. The normalized spacial score (nSPS) is 11.6. The van der Waals surface area contributed by atoms with Crippen LogP contribution in [0.25, 0.3) is 0 Å². The van der Waals surface area contributed by atoms with Crippen LogP contribution in [-0.4, -0.2) is 29.5 Å². The van der Waals surface area contributed by atoms with E-state index in [1.807, 2.05) is 30.3 Å². The van der Waals surface area contributed by atoms with E-state index >= 15 is 0 Å². The fourth-order valence-corrected chi connectivity index (χ4v) is 1.10. The van der Waals surface area contributed by atoms with E-state index in [1.54, 1.807) is 0 Å². The summed E-state index contributed by atoms with van der Waals surface area (Å²) in [4.78, 5) is 0. The van der Waals surface area contributed by atoms with Gasteiger partial charge >= 0.3 is 0 Å². The predicted octanol–water partition coefficient (Wildman–Crippen LogP) is 0.950. The molecule has 1 unspecified atom stereocenters. The summed E-state index contributed by atoms with van der Waals surface area (Å²) in [6, 6.07) is 9.86. The molecule has 16 heavy (non-hydrogen) atoms. The van der Waals surface area contributed by atoms with E-state index in [4.69, 9.17) is 14.9 Å². The molecule has 2 N–H and O–H groups in total. The van der Waals surface area contributed by atoms with Crippen molar-refractivity contribution >= 4 is 0 Å². The minimum atomic E-state index is -0.748. The van der Waals surface area contributed by atoms with E-state index in [2.05, 4.69) is 11.8 Å². The largest absolute Gasteiger partial charge is 0.394 e. The van der Waals surface area contributed by atoms with Crippen LogP contribution in [0.5, 0.6) is 0 Å². The van der Waals surface area contributed by atoms with Gasteiger partial charge < -0.3 is 14.9 Å². The maximum absolute atomic E-state index is 9.00. The van der Waals surface area contributed by atoms with Crippen LogP contribution in [0.1, 0.15) is 12.0 Å². The first-order valence-corrected chi connectivity index (χ1v) is 5.19. The number of ether oxygens (including phenoxy) is 1. The molecule has 0 spiro atoms. The summed E-state index contributed by atoms with van der Waals surface area (Å²) in [6.45, 7) is 0.630. The Hall–Kier alpha value is -1.34. The molecule has 0 aromatic heterocycles. The standard InChI is InChI=1S/C13H16O3/c14-10-13(15)8-4-5-9-16-11-12-6-2-1-3-7-12/h1-3,6-7,13-15H,8-11H2. The lowest BCUT2D eigenvalue weighted by molar-refractivity contribution is 0.0991. The molecule has 1 aromatic carbocycles. The van der Waals surface area contributed by atoms with Crippen LogP contribution in [-0.2, 0) is 11.3 Å². The first kappa shape index (κ1) is 12.7. The Morgan fingerprint density at radius 2 is 1.94 bits per heavy atom. The molecule has 1 aromatic rings. The van der Waals surface area contributed by atoms with E-state index in [0.717, 1.165) is 5.56 Å². The summed E-state index contributed by atoms with van der Waals surface area (Å²) in [5.41, 5.74) is 1.11. The van der Waals surface area contributed by atoms with Crippen LogP contribution in [0, 0.1) is 11.8 Å². The van der Waals surface area contributed by atoms with Gasteiger partial charge in [-0.3, -0.25) is 0 Å². The van der Waals surface area contributed by atoms with Gasteiger partial charge in [0.2, 0.25) is 0 Å². The van der Waals surface area contributed by atoms with Crippen LogP contribution < -0.4 is 0 Å². The zero-order valence-electron chi connectivity index (χ0n) is 9.10. The fraction of sp³-hybridized carbons (Fsp3) is 0.385. The number of hydrogen-bond donors (Lipinski definition) is 2. The molecular weight excluding hydrogens is 204 g/mol. The van der Waals surface area contributed by atoms with Crippen molar-refractivity contribution in [2.75, 3.05) is 13.2 Å². The topological polar surface area (TPSA) is 49.7 Å². The molecule has 0 saturated carbocycles. The zero-order chi connectivity index (χ0) is 11.6. The molecule has 1 rings (SSSR count). The Morgan fingerprint density at radius 1 is 1.19 bits per heavy atom. The van der Waals surface area contributed by atoms with Crippen LogP contribution >= 0.6 is 0 Å². The highest BCUT2D eigenvalue weighted by molar-refractivity contribution is 5.13. The highest BCUT2D eigenvalue weighted by Gasteiger charge is 1.96. The Balaban J connectivity index is 2.12. The van der Waals surface area contributed by atoms with Gasteiger partial charge in [0, 0.05) is 6.42 Å². The lowest BCUT2D eigenvalue weighted by atomic mass is 10.2. The van der Waals surface area contributed by atoms with Gasteiger partial charge in [-0.2, -0.15) is 0 Å². The average Bonchev–Trinajstić information content (AvgIpc) is 2.34. The Bertz CT molecular complexity index is 337. The average molecular weight is 220 g/mol. The van der Waals surface area contributed by atoms with Crippen molar-refractivity contribution < 1.29 is 14.9 Å². The molecule has 0 aliphatic heterocycles. The van der Waals surface area contributed by atoms with Crippen molar-refractivity contribution in [2.45, 2.75) is 19.1 Å². The smallest absolute Gasteiger partial charge is 0.108 e. The quantitative estimate of drug-likeness (QED) is 0.574. The van der Waals surface area contributed by atoms with Crippen LogP contribution in [0.2, 0.25) is 0 Å². The monoisotopic (exact) mass is 220 g/mol. The minimum absolute atomic E-state index is 0.250. The van der Waals surface area contributed by atoms with E-state index in [-0.39, 0.29) is 13.0 Å². The molecule has 0 heterocycles. The third-order valence-corrected chi connectivity index (χ3v) is 1.96. The number of benzene rings is 1. The molecule has 1 atom stereocenters. The lowest BCUT2D eigenvalue weighted by Gasteiger charge is -2.00. The maximum atomic E-state index is 9.00. The molecule has 0 aliphatic carbocycles. The maximum Gasteiger partial charge on any atom is 0.108 e. The number of hydrogen-bond acceptors (Lipinski definition) is 3. The van der Waals surface area contributed by atoms with Gasteiger partial charge in [-0.25, -0.2) is 0 Å². The van der Waals surface area contributed by atoms with Crippen molar-refractivity contribution in [3.05, 3.63) is 35.9 Å². The SMILES string of the molecule is OCC(O)CC#CCOCc1ccccc1. The summed E-state index contributed by atoms with van der Waals surface area (Å²) in [6.07, 6.45) is -0.466. The lowest BCUT2D eigenvalue weighted by Crippen LogP contribution is -2.10. The Morgan fingerprint density at radius 3 is 2.62 bits per heavy atom. The summed E-state index contributed by atoms with van der Waals surface area (Å²) in [5.74, 6) is 5.51. The van der Waals surface area contributed by atoms with Gasteiger partial charge in [0.05, 0.1) is 19.3 Å². The molecule has 0 amide bonds. The van der Waals surface area contributed by atoms with Crippen molar-refractivity contribution in [1.29, 1.82) is 0 Å². The summed E-state index contributed by atoms with van der Waals surface area (Å²) < 4.78 is 5.32. The molecule has 0 saturated heterocycles. The second-order valence-electron chi connectivity index (χ2n) is 3.37. The molecular formula is C13H16O3. The summed E-state index contributed by atoms with van der Waals surface area (Å²) >= 11 is 0. The van der Waals surface area contributed by atoms with Gasteiger partial charge in [0.15, 0.2) is 0 Å². The second kappa shape index (κ2) is 7.89. The molecule has 0 radical (unpaired) electrons. The van der Waals surface area contributed by atoms with Crippen molar-refractivity contribution in [3.63, 3.8) is 0 Å². The van der Waals surface area contributed by atoms with Crippen LogP contribution in [0.15, 0.2) is 30.3 Å². The molecule has 0 fully saturated rings. The van der Waals surface area contributed by atoms with Gasteiger partial charge in [0.1, 0.15) is 6.61 Å². The van der Waals surface area contributed by atoms with E-state index in [9.17, 15) is 0 Å². The van der Waals surface area contributed by atoms with Gasteiger partial charge in [0.25, 0.3) is 0 Å². The Labute approximate surface area is 95.7 Å². The molecule has 3 heteroatoms. The molecule has 86 valence electrons. The Kier molecular flexibility index (Phi) is 6.28. The van der Waals surface area contributed by atoms with Gasteiger partial charge in [-0.15, -0.1) is 0 Å². The number of aliphatic hydroxyl groups excluding tert-OH is 2. The molecule has 0 aliphatic rings. The second-order valence-corrected chi connectivity index (χ2v) is 3.37. The first-order chi connectivity index (χ1) is 7.83. The first-order valence-electron chi connectivity index (χ1n) is 5.19. The molecule has 0 bridgehead atoms. The summed E-state index contributed by atoms with van der Waals surface area (Å²) in [7, 11) is 0. The number of rotatable bonds is 5. The van der Waals surface area contributed by atoms with E-state index in [1.165, 1.54) is 0 Å². The van der Waals surface area contributed by atoms with Gasteiger partial charge in [-0.1, -0.05) is 42.2 Å². The van der Waals surface area contributed by atoms with Gasteiger partial charge in [-0.05, 0) is 5.56 Å². The summed E-state index contributed by atoms with van der Waals surface area (Å²) in [5, 5.41) is 17.5. The highest BCUT2D eigenvalue weighted by atomic mass is 16.5. The zero-order valence-corrected chi connectivity index (χ0v) is 9.10. The van der Waals surface area contributed by atoms with Crippen molar-refractivity contribution in [2.24, 2.45) is 0 Å². The minimum Gasteiger partial charge on any atom is -0.394 e. The van der Waals surface area contributed by atoms with Crippen molar-refractivity contribution in [1.82, 2.24) is 0 Å². The predicted molar refractivity (Wildman–Crippen MR) is 61.6 cm³/mol. The third-order valence-electron chi connectivity index (χ3n) is 1.96. The third kappa shape index (κ3) is 5.52.